The number of unbranched alkanes of at least 4 members (excludes halogenated alkanes) is 2. The lowest BCUT2D eigenvalue weighted by Gasteiger charge is -2.08. The van der Waals surface area contributed by atoms with E-state index in [1.165, 1.54) is 6.07 Å². The van der Waals surface area contributed by atoms with Crippen LogP contribution in [0.4, 0.5) is 0 Å². The van der Waals surface area contributed by atoms with Crippen LogP contribution in [0.5, 0.6) is 11.5 Å². The molecule has 0 N–H and O–H groups in total. The average molecular weight is 370 g/mol. The fourth-order valence-corrected chi connectivity index (χ4v) is 2.36. The molecule has 0 amide bonds. The molecule has 0 radical (unpaired) electrons. The predicted molar refractivity (Wildman–Crippen MR) is 103 cm³/mol. The second-order valence-corrected chi connectivity index (χ2v) is 6.13. The first kappa shape index (κ1) is 20.5. The van der Waals surface area contributed by atoms with Crippen molar-refractivity contribution in [3.63, 3.8) is 0 Å². The number of hydrogen-bond acceptors (Lipinski definition) is 5. The second kappa shape index (κ2) is 11.0. The fourth-order valence-electron chi connectivity index (χ4n) is 2.36. The third-order valence-electron chi connectivity index (χ3n) is 3.82. The van der Waals surface area contributed by atoms with Gasteiger partial charge in [-0.1, -0.05) is 32.8 Å². The Morgan fingerprint density at radius 2 is 1.56 bits per heavy atom. The van der Waals surface area contributed by atoms with Crippen LogP contribution in [0, 0.1) is 0 Å². The predicted octanol–water partition coefficient (Wildman–Crippen LogP) is 5.04. The van der Waals surface area contributed by atoms with E-state index in [9.17, 15) is 9.59 Å². The molecule has 144 valence electrons. The van der Waals surface area contributed by atoms with Gasteiger partial charge in [0.2, 0.25) is 0 Å². The minimum Gasteiger partial charge on any atom is -0.494 e. The van der Waals surface area contributed by atoms with E-state index in [1.54, 1.807) is 42.5 Å². The molecule has 2 rings (SSSR count). The summed E-state index contributed by atoms with van der Waals surface area (Å²) in [6, 6.07) is 13.2. The molecule has 0 fully saturated rings. The molecule has 0 saturated heterocycles. The van der Waals surface area contributed by atoms with E-state index < -0.39 is 11.9 Å². The van der Waals surface area contributed by atoms with E-state index in [-0.39, 0.29) is 0 Å². The van der Waals surface area contributed by atoms with Gasteiger partial charge in [0.05, 0.1) is 24.3 Å². The lowest BCUT2D eigenvalue weighted by atomic mass is 10.2. The maximum Gasteiger partial charge on any atom is 0.343 e. The van der Waals surface area contributed by atoms with E-state index >= 15 is 0 Å². The molecule has 0 atom stereocenters. The lowest BCUT2D eigenvalue weighted by Crippen LogP contribution is -2.10. The largest absolute Gasteiger partial charge is 0.494 e. The molecule has 27 heavy (non-hydrogen) atoms. The van der Waals surface area contributed by atoms with E-state index in [4.69, 9.17) is 14.2 Å². The Hall–Kier alpha value is -2.82. The van der Waals surface area contributed by atoms with Crippen LogP contribution in [-0.4, -0.2) is 25.2 Å². The summed E-state index contributed by atoms with van der Waals surface area (Å²) >= 11 is 0. The monoisotopic (exact) mass is 370 g/mol. The van der Waals surface area contributed by atoms with Crippen LogP contribution in [0.25, 0.3) is 0 Å². The average Bonchev–Trinajstić information content (AvgIpc) is 2.70. The zero-order valence-corrected chi connectivity index (χ0v) is 15.9. The Labute approximate surface area is 160 Å². The molecular weight excluding hydrogens is 344 g/mol. The van der Waals surface area contributed by atoms with Crippen molar-refractivity contribution in [3.05, 3.63) is 59.7 Å². The van der Waals surface area contributed by atoms with Crippen LogP contribution in [0.2, 0.25) is 0 Å². The molecule has 0 saturated carbocycles. The summed E-state index contributed by atoms with van der Waals surface area (Å²) < 4.78 is 16.1. The molecule has 0 aromatic heterocycles. The Bertz CT molecular complexity index is 737. The van der Waals surface area contributed by atoms with Gasteiger partial charge in [-0.2, -0.15) is 0 Å². The topological polar surface area (TPSA) is 61.8 Å². The van der Waals surface area contributed by atoms with E-state index in [1.807, 2.05) is 6.92 Å². The third-order valence-corrected chi connectivity index (χ3v) is 3.82. The Balaban J connectivity index is 1.93. The van der Waals surface area contributed by atoms with E-state index in [0.29, 0.717) is 30.1 Å². The van der Waals surface area contributed by atoms with Gasteiger partial charge in [0.15, 0.2) is 0 Å². The third kappa shape index (κ3) is 6.77. The number of carbonyl (C=O) groups is 2. The maximum absolute atomic E-state index is 12.3. The first-order chi connectivity index (χ1) is 13.1. The van der Waals surface area contributed by atoms with Crippen molar-refractivity contribution in [2.75, 3.05) is 13.2 Å². The van der Waals surface area contributed by atoms with Crippen LogP contribution in [0.1, 0.15) is 60.2 Å². The molecule has 0 spiro atoms. The number of ether oxygens (including phenoxy) is 3. The molecule has 2 aromatic carbocycles. The number of rotatable bonds is 10. The van der Waals surface area contributed by atoms with Gasteiger partial charge in [-0.3, -0.25) is 0 Å². The number of hydrogen-bond donors (Lipinski definition) is 0. The molecule has 0 aliphatic carbocycles. The molecular formula is C22H26O5. The Morgan fingerprint density at radius 1 is 0.778 bits per heavy atom. The highest BCUT2D eigenvalue weighted by atomic mass is 16.5. The van der Waals surface area contributed by atoms with E-state index in [0.717, 1.165) is 31.4 Å². The molecule has 0 bridgehead atoms. The lowest BCUT2D eigenvalue weighted by molar-refractivity contribution is 0.0503. The summed E-state index contributed by atoms with van der Waals surface area (Å²) in [5.41, 5.74) is 0.763. The molecule has 5 nitrogen and oxygen atoms in total. The van der Waals surface area contributed by atoms with Crippen molar-refractivity contribution in [3.8, 4) is 11.5 Å². The Kier molecular flexibility index (Phi) is 8.36. The van der Waals surface area contributed by atoms with Crippen LogP contribution in [0.3, 0.4) is 0 Å². The van der Waals surface area contributed by atoms with Gasteiger partial charge in [0.1, 0.15) is 11.5 Å². The standard InChI is InChI=1S/C22H26O5/c1-3-5-6-15-25-19-12-10-17(11-13-19)22(24)27-20-9-7-8-18(16-20)21(23)26-14-4-2/h7-13,16H,3-6,14-15H2,1-2H3. The number of carbonyl (C=O) groups excluding carboxylic acids is 2. The summed E-state index contributed by atoms with van der Waals surface area (Å²) in [7, 11) is 0. The number of benzene rings is 2. The molecule has 2 aromatic rings. The SMILES string of the molecule is CCCCCOc1ccc(C(=O)Oc2cccc(C(=O)OCCC)c2)cc1. The van der Waals surface area contributed by atoms with Crippen molar-refractivity contribution in [2.24, 2.45) is 0 Å². The van der Waals surface area contributed by atoms with Crippen LogP contribution in [-0.2, 0) is 4.74 Å². The van der Waals surface area contributed by atoms with Gasteiger partial charge in [-0.15, -0.1) is 0 Å². The fraction of sp³-hybridized carbons (Fsp3) is 0.364. The van der Waals surface area contributed by atoms with Crippen LogP contribution < -0.4 is 9.47 Å². The van der Waals surface area contributed by atoms with Crippen molar-refractivity contribution < 1.29 is 23.8 Å². The minimum absolute atomic E-state index is 0.297. The quantitative estimate of drug-likeness (QED) is 0.333. The summed E-state index contributed by atoms with van der Waals surface area (Å²) in [6.07, 6.45) is 4.04. The van der Waals surface area contributed by atoms with Crippen molar-refractivity contribution in [1.82, 2.24) is 0 Å². The van der Waals surface area contributed by atoms with Gasteiger partial charge >= 0.3 is 11.9 Å². The minimum atomic E-state index is -0.494. The smallest absolute Gasteiger partial charge is 0.343 e. The first-order valence-electron chi connectivity index (χ1n) is 9.36. The highest BCUT2D eigenvalue weighted by Crippen LogP contribution is 2.18. The molecule has 5 heteroatoms. The van der Waals surface area contributed by atoms with E-state index in [2.05, 4.69) is 6.92 Å². The van der Waals surface area contributed by atoms with Gasteiger partial charge in [-0.05, 0) is 55.3 Å². The highest BCUT2D eigenvalue weighted by molar-refractivity contribution is 5.92. The van der Waals surface area contributed by atoms with Crippen molar-refractivity contribution >= 4 is 11.9 Å². The first-order valence-corrected chi connectivity index (χ1v) is 9.36. The molecule has 0 heterocycles. The molecule has 0 unspecified atom stereocenters. The number of esters is 2. The summed E-state index contributed by atoms with van der Waals surface area (Å²) in [5.74, 6) is 0.0973. The summed E-state index contributed by atoms with van der Waals surface area (Å²) in [5, 5.41) is 0. The van der Waals surface area contributed by atoms with Crippen LogP contribution in [0.15, 0.2) is 48.5 Å². The normalized spacial score (nSPS) is 10.3. The van der Waals surface area contributed by atoms with Crippen LogP contribution >= 0.6 is 0 Å². The molecule has 0 aliphatic heterocycles. The zero-order valence-electron chi connectivity index (χ0n) is 15.9. The van der Waals surface area contributed by atoms with Gasteiger partial charge < -0.3 is 14.2 Å². The summed E-state index contributed by atoms with van der Waals surface area (Å²) in [4.78, 5) is 24.2. The maximum atomic E-state index is 12.3. The second-order valence-electron chi connectivity index (χ2n) is 6.13. The van der Waals surface area contributed by atoms with Crippen molar-refractivity contribution in [1.29, 1.82) is 0 Å². The summed E-state index contributed by atoms with van der Waals surface area (Å²) in [6.45, 7) is 5.09. The molecule has 0 aliphatic rings. The van der Waals surface area contributed by atoms with Gasteiger partial charge in [-0.25, -0.2) is 9.59 Å². The Morgan fingerprint density at radius 3 is 2.26 bits per heavy atom. The highest BCUT2D eigenvalue weighted by Gasteiger charge is 2.12. The van der Waals surface area contributed by atoms with Gasteiger partial charge in [0.25, 0.3) is 0 Å². The zero-order chi connectivity index (χ0) is 19.5. The van der Waals surface area contributed by atoms with Gasteiger partial charge in [0, 0.05) is 0 Å². The van der Waals surface area contributed by atoms with Crippen molar-refractivity contribution in [2.45, 2.75) is 39.5 Å².